The minimum absolute atomic E-state index is 0.0839. The predicted molar refractivity (Wildman–Crippen MR) is 94.1 cm³/mol. The molecular weight excluding hydrogens is 342 g/mol. The van der Waals surface area contributed by atoms with Crippen LogP contribution in [-0.4, -0.2) is 31.6 Å². The average molecular weight is 364 g/mol. The van der Waals surface area contributed by atoms with E-state index in [9.17, 15) is 13.6 Å². The van der Waals surface area contributed by atoms with Gasteiger partial charge in [-0.25, -0.2) is 0 Å². The van der Waals surface area contributed by atoms with Gasteiger partial charge in [-0.05, 0) is 30.2 Å². The van der Waals surface area contributed by atoms with E-state index in [-0.39, 0.29) is 24.0 Å². The lowest BCUT2D eigenvalue weighted by Crippen LogP contribution is -2.49. The van der Waals surface area contributed by atoms with Crippen molar-refractivity contribution in [3.63, 3.8) is 0 Å². The smallest absolute Gasteiger partial charge is 0.387 e. The molecule has 140 valence electrons. The van der Waals surface area contributed by atoms with Gasteiger partial charge in [-0.1, -0.05) is 36.4 Å². The van der Waals surface area contributed by atoms with E-state index in [0.717, 1.165) is 0 Å². The van der Waals surface area contributed by atoms with Gasteiger partial charge in [-0.15, -0.1) is 0 Å². The van der Waals surface area contributed by atoms with Crippen molar-refractivity contribution in [2.24, 2.45) is 5.73 Å². The lowest BCUT2D eigenvalue weighted by molar-refractivity contribution is -0.136. The largest absolute Gasteiger partial charge is 0.493 e. The zero-order chi connectivity index (χ0) is 19.3. The zero-order valence-corrected chi connectivity index (χ0v) is 14.9. The number of carbonyl (C=O) groups is 1. The van der Waals surface area contributed by atoms with E-state index in [1.165, 1.54) is 24.1 Å². The number of likely N-dealkylation sites (N-methyl/N-ethyl adjacent to an activating group) is 1. The maximum atomic E-state index is 12.8. The van der Waals surface area contributed by atoms with Gasteiger partial charge in [0.15, 0.2) is 11.5 Å². The van der Waals surface area contributed by atoms with Crippen LogP contribution in [0.2, 0.25) is 0 Å². The summed E-state index contributed by atoms with van der Waals surface area (Å²) in [6.07, 6.45) is 0. The number of nitrogens with two attached hydrogens (primary N) is 1. The van der Waals surface area contributed by atoms with Crippen LogP contribution < -0.4 is 15.2 Å². The summed E-state index contributed by atoms with van der Waals surface area (Å²) in [6, 6.07) is 13.7. The predicted octanol–water partition coefficient (Wildman–Crippen LogP) is 3.13. The number of ether oxygens (including phenoxy) is 2. The van der Waals surface area contributed by atoms with Gasteiger partial charge >= 0.3 is 6.61 Å². The molecule has 2 rings (SSSR count). The summed E-state index contributed by atoms with van der Waals surface area (Å²) in [7, 11) is 2.97. The molecule has 26 heavy (non-hydrogen) atoms. The Bertz CT molecular complexity index is 752. The second kappa shape index (κ2) is 8.14. The van der Waals surface area contributed by atoms with Crippen molar-refractivity contribution in [3.8, 4) is 11.5 Å². The first-order valence-electron chi connectivity index (χ1n) is 7.97. The number of benzene rings is 2. The number of amides is 1. The van der Waals surface area contributed by atoms with Gasteiger partial charge in [0.25, 0.3) is 0 Å². The number of alkyl halides is 2. The molecule has 5 nitrogen and oxygen atoms in total. The number of methoxy groups -OCH3 is 1. The van der Waals surface area contributed by atoms with Gasteiger partial charge in [0.1, 0.15) is 5.54 Å². The maximum absolute atomic E-state index is 12.8. The molecule has 0 aliphatic rings. The Morgan fingerprint density at radius 3 is 2.42 bits per heavy atom. The summed E-state index contributed by atoms with van der Waals surface area (Å²) >= 11 is 0. The summed E-state index contributed by atoms with van der Waals surface area (Å²) in [5, 5.41) is 0. The molecule has 7 heteroatoms. The van der Waals surface area contributed by atoms with Crippen LogP contribution in [0.3, 0.4) is 0 Å². The monoisotopic (exact) mass is 364 g/mol. The van der Waals surface area contributed by atoms with Crippen LogP contribution in [0, 0.1) is 0 Å². The second-order valence-corrected chi connectivity index (χ2v) is 6.09. The summed E-state index contributed by atoms with van der Waals surface area (Å²) < 4.78 is 34.6. The molecule has 0 aliphatic heterocycles. The summed E-state index contributed by atoms with van der Waals surface area (Å²) in [4.78, 5) is 14.2. The van der Waals surface area contributed by atoms with Crippen molar-refractivity contribution >= 4 is 5.91 Å². The van der Waals surface area contributed by atoms with E-state index < -0.39 is 12.2 Å². The highest BCUT2D eigenvalue weighted by molar-refractivity contribution is 5.86. The standard InChI is InChI=1S/C19H22F2N2O3/c1-19(22,14-7-5-4-6-8-14)17(24)23(2)12-13-9-10-15(25-3)16(11-13)26-18(20)21/h4-11,18H,12,22H2,1-3H3. The van der Waals surface area contributed by atoms with E-state index >= 15 is 0 Å². The molecule has 2 aromatic carbocycles. The number of nitrogens with zero attached hydrogens (tertiary/aromatic N) is 1. The number of hydrogen-bond acceptors (Lipinski definition) is 4. The van der Waals surface area contributed by atoms with E-state index in [1.807, 2.05) is 18.2 Å². The molecule has 0 spiro atoms. The number of halogens is 2. The molecule has 0 heterocycles. The van der Waals surface area contributed by atoms with Gasteiger partial charge in [-0.2, -0.15) is 8.78 Å². The molecule has 1 unspecified atom stereocenters. The average Bonchev–Trinajstić information content (AvgIpc) is 2.61. The SMILES string of the molecule is COc1ccc(CN(C)C(=O)C(C)(N)c2ccccc2)cc1OC(F)F. The number of carbonyl (C=O) groups excluding carboxylic acids is 1. The highest BCUT2D eigenvalue weighted by Gasteiger charge is 2.33. The van der Waals surface area contributed by atoms with E-state index in [2.05, 4.69) is 4.74 Å². The molecule has 0 radical (unpaired) electrons. The lowest BCUT2D eigenvalue weighted by atomic mass is 9.91. The fourth-order valence-corrected chi connectivity index (χ4v) is 2.66. The minimum Gasteiger partial charge on any atom is -0.493 e. The summed E-state index contributed by atoms with van der Waals surface area (Å²) in [6.45, 7) is -1.15. The van der Waals surface area contributed by atoms with Crippen LogP contribution in [0.5, 0.6) is 11.5 Å². The lowest BCUT2D eigenvalue weighted by Gasteiger charge is -2.30. The third-order valence-corrected chi connectivity index (χ3v) is 4.03. The van der Waals surface area contributed by atoms with Gasteiger partial charge in [0.05, 0.1) is 7.11 Å². The normalized spacial score (nSPS) is 13.2. The molecule has 2 N–H and O–H groups in total. The Balaban J connectivity index is 2.18. The third-order valence-electron chi connectivity index (χ3n) is 4.03. The quantitative estimate of drug-likeness (QED) is 0.820. The van der Waals surface area contributed by atoms with E-state index in [0.29, 0.717) is 11.1 Å². The van der Waals surface area contributed by atoms with Crippen LogP contribution in [-0.2, 0) is 16.9 Å². The summed E-state index contributed by atoms with van der Waals surface area (Å²) in [5.41, 5.74) is 6.34. The Labute approximate surface area is 151 Å². The van der Waals surface area contributed by atoms with Gasteiger partial charge in [0.2, 0.25) is 5.91 Å². The van der Waals surface area contributed by atoms with Crippen molar-refractivity contribution < 1.29 is 23.0 Å². The highest BCUT2D eigenvalue weighted by atomic mass is 19.3. The number of hydrogen-bond donors (Lipinski definition) is 1. The van der Waals surface area contributed by atoms with Crippen molar-refractivity contribution in [3.05, 3.63) is 59.7 Å². The molecule has 0 saturated heterocycles. The molecular formula is C19H22F2N2O3. The molecule has 2 aromatic rings. The van der Waals surface area contributed by atoms with Crippen LogP contribution >= 0.6 is 0 Å². The Kier molecular flexibility index (Phi) is 6.15. The van der Waals surface area contributed by atoms with E-state index in [1.54, 1.807) is 32.2 Å². The Morgan fingerprint density at radius 1 is 1.19 bits per heavy atom. The Hall–Kier alpha value is -2.67. The van der Waals surface area contributed by atoms with Crippen LogP contribution in [0.4, 0.5) is 8.78 Å². The molecule has 0 aliphatic carbocycles. The summed E-state index contributed by atoms with van der Waals surface area (Å²) in [5.74, 6) is -0.189. The van der Waals surface area contributed by atoms with Crippen molar-refractivity contribution in [1.82, 2.24) is 4.90 Å². The highest BCUT2D eigenvalue weighted by Crippen LogP contribution is 2.30. The first kappa shape index (κ1) is 19.7. The zero-order valence-electron chi connectivity index (χ0n) is 14.9. The molecule has 0 bridgehead atoms. The third kappa shape index (κ3) is 4.49. The van der Waals surface area contributed by atoms with Gasteiger partial charge in [0, 0.05) is 13.6 Å². The van der Waals surface area contributed by atoms with Gasteiger partial charge < -0.3 is 20.1 Å². The van der Waals surface area contributed by atoms with Crippen molar-refractivity contribution in [1.29, 1.82) is 0 Å². The molecule has 1 amide bonds. The van der Waals surface area contributed by atoms with Crippen LogP contribution in [0.25, 0.3) is 0 Å². The van der Waals surface area contributed by atoms with Crippen LogP contribution in [0.15, 0.2) is 48.5 Å². The molecule has 0 fully saturated rings. The van der Waals surface area contributed by atoms with Crippen LogP contribution in [0.1, 0.15) is 18.1 Å². The fraction of sp³-hybridized carbons (Fsp3) is 0.316. The number of rotatable bonds is 7. The first-order valence-corrected chi connectivity index (χ1v) is 7.97. The molecule has 1 atom stereocenters. The maximum Gasteiger partial charge on any atom is 0.387 e. The topological polar surface area (TPSA) is 64.8 Å². The fourth-order valence-electron chi connectivity index (χ4n) is 2.66. The van der Waals surface area contributed by atoms with Gasteiger partial charge in [-0.3, -0.25) is 4.79 Å². The van der Waals surface area contributed by atoms with Crippen molar-refractivity contribution in [2.45, 2.75) is 25.6 Å². The minimum atomic E-state index is -2.97. The second-order valence-electron chi connectivity index (χ2n) is 6.09. The van der Waals surface area contributed by atoms with E-state index in [4.69, 9.17) is 10.5 Å². The Morgan fingerprint density at radius 2 is 1.85 bits per heavy atom. The first-order chi connectivity index (χ1) is 12.3. The molecule has 0 aromatic heterocycles. The van der Waals surface area contributed by atoms with Crippen molar-refractivity contribution in [2.75, 3.05) is 14.2 Å². The molecule has 0 saturated carbocycles.